The molecule has 4 heteroatoms. The molecule has 0 aliphatic rings. The van der Waals surface area contributed by atoms with Crippen molar-refractivity contribution in [2.24, 2.45) is 0 Å². The molecule has 0 radical (unpaired) electrons. The van der Waals surface area contributed by atoms with Crippen LogP contribution in [0.4, 0.5) is 0 Å². The number of nitrogens with one attached hydrogen (secondary N) is 1. The molecule has 1 heterocycles. The minimum absolute atomic E-state index is 0.322. The topological polar surface area (TPSA) is 43.4 Å². The quantitative estimate of drug-likeness (QED) is 0.684. The Bertz CT molecular complexity index is 312. The van der Waals surface area contributed by atoms with Gasteiger partial charge in [0.2, 0.25) is 0 Å². The summed E-state index contributed by atoms with van der Waals surface area (Å²) in [6, 6.07) is 3.89. The number of rotatable bonds is 9. The van der Waals surface area contributed by atoms with Crippen LogP contribution in [0, 0.1) is 6.92 Å². The molecule has 0 fully saturated rings. The lowest BCUT2D eigenvalue weighted by Gasteiger charge is -2.09. The highest BCUT2D eigenvalue weighted by molar-refractivity contribution is 5.18. The summed E-state index contributed by atoms with van der Waals surface area (Å²) in [6.45, 7) is 9.35. The average molecular weight is 252 g/mol. The van der Waals surface area contributed by atoms with Gasteiger partial charge < -0.3 is 14.8 Å². The second-order valence-corrected chi connectivity index (χ2v) is 4.51. The second-order valence-electron chi connectivity index (χ2n) is 4.51. The van der Waals surface area contributed by atoms with E-state index in [0.717, 1.165) is 37.6 Å². The van der Waals surface area contributed by atoms with E-state index in [9.17, 15) is 0 Å². The number of ether oxygens (including phenoxy) is 2. The molecule has 0 aromatic carbocycles. The highest BCUT2D eigenvalue weighted by Gasteiger charge is 1.95. The van der Waals surface area contributed by atoms with Gasteiger partial charge in [0.1, 0.15) is 12.4 Å². The van der Waals surface area contributed by atoms with Crippen LogP contribution >= 0.6 is 0 Å². The van der Waals surface area contributed by atoms with Crippen LogP contribution in [-0.4, -0.2) is 37.4 Å². The Labute approximate surface area is 110 Å². The molecule has 1 N–H and O–H groups in total. The third-order valence-electron chi connectivity index (χ3n) is 2.38. The van der Waals surface area contributed by atoms with Gasteiger partial charge in [-0.1, -0.05) is 0 Å². The van der Waals surface area contributed by atoms with Crippen molar-refractivity contribution in [1.29, 1.82) is 0 Å². The molecule has 0 unspecified atom stereocenters. The summed E-state index contributed by atoms with van der Waals surface area (Å²) >= 11 is 0. The van der Waals surface area contributed by atoms with E-state index in [1.165, 1.54) is 0 Å². The Morgan fingerprint density at radius 1 is 1.22 bits per heavy atom. The maximum Gasteiger partial charge on any atom is 0.137 e. The van der Waals surface area contributed by atoms with Crippen molar-refractivity contribution < 1.29 is 9.47 Å². The van der Waals surface area contributed by atoms with Gasteiger partial charge >= 0.3 is 0 Å². The van der Waals surface area contributed by atoms with Gasteiger partial charge in [0.25, 0.3) is 0 Å². The fourth-order valence-corrected chi connectivity index (χ4v) is 1.42. The van der Waals surface area contributed by atoms with Crippen LogP contribution in [0.2, 0.25) is 0 Å². The van der Waals surface area contributed by atoms with E-state index in [1.54, 1.807) is 6.20 Å². The summed E-state index contributed by atoms with van der Waals surface area (Å²) in [7, 11) is 0. The van der Waals surface area contributed by atoms with E-state index < -0.39 is 0 Å². The molecule has 0 bridgehead atoms. The number of pyridine rings is 1. The summed E-state index contributed by atoms with van der Waals surface area (Å²) in [5.41, 5.74) is 1.01. The van der Waals surface area contributed by atoms with Crippen LogP contribution in [0.25, 0.3) is 0 Å². The lowest BCUT2D eigenvalue weighted by atomic mass is 10.4. The van der Waals surface area contributed by atoms with E-state index in [2.05, 4.69) is 24.1 Å². The fraction of sp³-hybridized carbons (Fsp3) is 0.643. The lowest BCUT2D eigenvalue weighted by molar-refractivity contribution is 0.0770. The largest absolute Gasteiger partial charge is 0.491 e. The monoisotopic (exact) mass is 252 g/mol. The third-order valence-corrected chi connectivity index (χ3v) is 2.38. The van der Waals surface area contributed by atoms with E-state index >= 15 is 0 Å². The molecule has 1 rings (SSSR count). The van der Waals surface area contributed by atoms with E-state index in [-0.39, 0.29) is 0 Å². The number of aryl methyl sites for hydroxylation is 1. The van der Waals surface area contributed by atoms with E-state index in [4.69, 9.17) is 9.47 Å². The smallest absolute Gasteiger partial charge is 0.137 e. The molecule has 0 aliphatic heterocycles. The minimum atomic E-state index is 0.322. The summed E-state index contributed by atoms with van der Waals surface area (Å²) in [5.74, 6) is 0.825. The van der Waals surface area contributed by atoms with Gasteiger partial charge in [-0.05, 0) is 45.9 Å². The number of aromatic nitrogens is 1. The molecule has 4 nitrogen and oxygen atoms in total. The maximum absolute atomic E-state index is 5.55. The number of hydrogen-bond donors (Lipinski definition) is 1. The van der Waals surface area contributed by atoms with Crippen LogP contribution in [0.5, 0.6) is 5.75 Å². The van der Waals surface area contributed by atoms with Crippen LogP contribution in [-0.2, 0) is 4.74 Å². The second kappa shape index (κ2) is 8.89. The Morgan fingerprint density at radius 2 is 2.06 bits per heavy atom. The summed E-state index contributed by atoms with van der Waals surface area (Å²) in [6.07, 6.45) is 3.11. The Balaban J connectivity index is 1.94. The first kappa shape index (κ1) is 14.9. The zero-order valence-corrected chi connectivity index (χ0v) is 11.6. The third kappa shape index (κ3) is 7.25. The molecule has 1 aromatic rings. The molecule has 18 heavy (non-hydrogen) atoms. The molecule has 0 saturated heterocycles. The molecular weight excluding hydrogens is 228 g/mol. The predicted molar refractivity (Wildman–Crippen MR) is 73.0 cm³/mol. The molecular formula is C14H24N2O2. The van der Waals surface area contributed by atoms with Gasteiger partial charge in [0.05, 0.1) is 12.3 Å². The maximum atomic E-state index is 5.55. The summed E-state index contributed by atoms with van der Waals surface area (Å²) in [4.78, 5) is 4.17. The molecule has 0 aliphatic carbocycles. The van der Waals surface area contributed by atoms with Gasteiger partial charge in [-0.3, -0.25) is 4.98 Å². The first-order valence-corrected chi connectivity index (χ1v) is 6.56. The Hall–Kier alpha value is -1.13. The number of hydrogen-bond acceptors (Lipinski definition) is 4. The first-order valence-electron chi connectivity index (χ1n) is 6.56. The van der Waals surface area contributed by atoms with Crippen molar-refractivity contribution >= 4 is 0 Å². The van der Waals surface area contributed by atoms with Crippen molar-refractivity contribution in [1.82, 2.24) is 10.3 Å². The van der Waals surface area contributed by atoms with Gasteiger partial charge in [0.15, 0.2) is 0 Å². The van der Waals surface area contributed by atoms with Crippen LogP contribution in [0.1, 0.15) is 26.0 Å². The van der Waals surface area contributed by atoms with Crippen LogP contribution < -0.4 is 10.1 Å². The van der Waals surface area contributed by atoms with Crippen LogP contribution in [0.15, 0.2) is 18.3 Å². The highest BCUT2D eigenvalue weighted by atomic mass is 16.5. The standard InChI is InChI=1S/C14H24N2O2/c1-12(2)17-9-4-7-15-8-10-18-14-6-5-13(3)16-11-14/h5-6,11-12,15H,4,7-10H2,1-3H3. The normalized spacial score (nSPS) is 10.9. The zero-order valence-electron chi connectivity index (χ0n) is 11.6. The highest BCUT2D eigenvalue weighted by Crippen LogP contribution is 2.07. The van der Waals surface area contributed by atoms with Gasteiger partial charge in [-0.15, -0.1) is 0 Å². The summed E-state index contributed by atoms with van der Waals surface area (Å²) < 4.78 is 11.0. The molecule has 0 saturated carbocycles. The average Bonchev–Trinajstić information content (AvgIpc) is 2.34. The molecule has 0 atom stereocenters. The van der Waals surface area contributed by atoms with E-state index in [1.807, 2.05) is 19.1 Å². The van der Waals surface area contributed by atoms with Crippen molar-refractivity contribution in [2.75, 3.05) is 26.3 Å². The molecule has 102 valence electrons. The Morgan fingerprint density at radius 3 is 2.72 bits per heavy atom. The SMILES string of the molecule is Cc1ccc(OCCNCCCOC(C)C)cn1. The lowest BCUT2D eigenvalue weighted by Crippen LogP contribution is -2.23. The number of nitrogens with zero attached hydrogens (tertiary/aromatic N) is 1. The summed E-state index contributed by atoms with van der Waals surface area (Å²) in [5, 5.41) is 3.32. The zero-order chi connectivity index (χ0) is 13.2. The van der Waals surface area contributed by atoms with Gasteiger partial charge in [0, 0.05) is 18.8 Å². The van der Waals surface area contributed by atoms with Crippen molar-refractivity contribution in [3.8, 4) is 5.75 Å². The van der Waals surface area contributed by atoms with Crippen LogP contribution in [0.3, 0.4) is 0 Å². The van der Waals surface area contributed by atoms with Gasteiger partial charge in [-0.25, -0.2) is 0 Å². The molecule has 1 aromatic heterocycles. The molecule has 0 amide bonds. The van der Waals surface area contributed by atoms with Crippen molar-refractivity contribution in [3.05, 3.63) is 24.0 Å². The predicted octanol–water partition coefficient (Wildman–Crippen LogP) is 2.17. The van der Waals surface area contributed by atoms with Crippen molar-refractivity contribution in [2.45, 2.75) is 33.3 Å². The first-order chi connectivity index (χ1) is 8.68. The van der Waals surface area contributed by atoms with Gasteiger partial charge in [-0.2, -0.15) is 0 Å². The Kier molecular flexibility index (Phi) is 7.37. The van der Waals surface area contributed by atoms with Crippen molar-refractivity contribution in [3.63, 3.8) is 0 Å². The molecule has 0 spiro atoms. The minimum Gasteiger partial charge on any atom is -0.491 e. The fourth-order valence-electron chi connectivity index (χ4n) is 1.42. The van der Waals surface area contributed by atoms with E-state index in [0.29, 0.717) is 12.7 Å².